The third-order valence-electron chi connectivity index (χ3n) is 9.60. The van der Waals surface area contributed by atoms with Gasteiger partial charge in [-0.3, -0.25) is 4.79 Å². The van der Waals surface area contributed by atoms with Crippen LogP contribution in [0.5, 0.6) is 0 Å². The van der Waals surface area contributed by atoms with E-state index < -0.39 is 0 Å². The average molecular weight is 415 g/mol. The quantitative estimate of drug-likeness (QED) is 0.500. The van der Waals surface area contributed by atoms with E-state index >= 15 is 0 Å². The first-order valence-electron chi connectivity index (χ1n) is 12.3. The molecule has 1 N–H and O–H groups in total. The van der Waals surface area contributed by atoms with Crippen molar-refractivity contribution >= 4 is 5.97 Å². The van der Waals surface area contributed by atoms with Crippen molar-refractivity contribution in [3.63, 3.8) is 0 Å². The van der Waals surface area contributed by atoms with E-state index in [2.05, 4.69) is 19.1 Å². The van der Waals surface area contributed by atoms with Gasteiger partial charge in [-0.2, -0.15) is 0 Å². The van der Waals surface area contributed by atoms with Crippen LogP contribution in [0.1, 0.15) is 84.5 Å². The Kier molecular flexibility index (Phi) is 5.28. The molecule has 166 valence electrons. The minimum atomic E-state index is -0.139. The van der Waals surface area contributed by atoms with Crippen LogP contribution in [0.4, 0.5) is 0 Å². The van der Waals surface area contributed by atoms with E-state index in [-0.39, 0.29) is 35.6 Å². The Morgan fingerprint density at radius 2 is 2.00 bits per heavy atom. The molecule has 0 spiro atoms. The van der Waals surface area contributed by atoms with Crippen molar-refractivity contribution in [3.05, 3.63) is 23.5 Å². The fourth-order valence-corrected chi connectivity index (χ4v) is 8.17. The highest BCUT2D eigenvalue weighted by atomic mass is 16.5. The zero-order valence-electron chi connectivity index (χ0n) is 18.7. The Balaban J connectivity index is 1.37. The van der Waals surface area contributed by atoms with Crippen LogP contribution < -0.4 is 0 Å². The zero-order chi connectivity index (χ0) is 20.9. The monoisotopic (exact) mass is 414 g/mol. The van der Waals surface area contributed by atoms with E-state index in [4.69, 9.17) is 9.47 Å². The number of esters is 1. The molecule has 0 amide bonds. The first-order valence-corrected chi connectivity index (χ1v) is 12.3. The second-order valence-corrected chi connectivity index (χ2v) is 10.9. The van der Waals surface area contributed by atoms with E-state index in [1.165, 1.54) is 24.2 Å². The molecule has 3 saturated carbocycles. The maximum atomic E-state index is 11.7. The van der Waals surface area contributed by atoms with Crippen LogP contribution in [-0.4, -0.2) is 29.9 Å². The number of allylic oxidation sites excluding steroid dienone is 2. The molecule has 4 nitrogen and oxygen atoms in total. The van der Waals surface area contributed by atoms with Gasteiger partial charge in [0, 0.05) is 24.2 Å². The van der Waals surface area contributed by atoms with Crippen molar-refractivity contribution in [2.45, 2.75) is 96.7 Å². The highest BCUT2D eigenvalue weighted by molar-refractivity contribution is 5.66. The first-order chi connectivity index (χ1) is 14.5. The van der Waals surface area contributed by atoms with Crippen LogP contribution in [0.3, 0.4) is 0 Å². The van der Waals surface area contributed by atoms with Gasteiger partial charge in [0.15, 0.2) is 0 Å². The van der Waals surface area contributed by atoms with Crippen LogP contribution in [0.15, 0.2) is 23.5 Å². The topological polar surface area (TPSA) is 55.8 Å². The average Bonchev–Trinajstić information content (AvgIpc) is 3.35. The molecule has 0 aliphatic heterocycles. The van der Waals surface area contributed by atoms with E-state index in [0.29, 0.717) is 17.8 Å². The molecule has 0 saturated heterocycles. The summed E-state index contributed by atoms with van der Waals surface area (Å²) in [4.78, 5) is 11.7. The summed E-state index contributed by atoms with van der Waals surface area (Å²) < 4.78 is 12.1. The van der Waals surface area contributed by atoms with Crippen molar-refractivity contribution in [1.29, 1.82) is 0 Å². The van der Waals surface area contributed by atoms with Gasteiger partial charge in [-0.15, -0.1) is 0 Å². The highest BCUT2D eigenvalue weighted by Gasteiger charge is 2.61. The molecule has 0 heterocycles. The van der Waals surface area contributed by atoms with Crippen molar-refractivity contribution in [3.8, 4) is 0 Å². The summed E-state index contributed by atoms with van der Waals surface area (Å²) >= 11 is 0. The van der Waals surface area contributed by atoms with Crippen molar-refractivity contribution in [2.75, 3.05) is 6.61 Å². The summed E-state index contributed by atoms with van der Waals surface area (Å²) in [7, 11) is 0. The molecule has 0 bridgehead atoms. The Bertz CT molecular complexity index is 754. The number of hydrogen-bond acceptors (Lipinski definition) is 4. The maximum absolute atomic E-state index is 11.7. The third kappa shape index (κ3) is 3.16. The van der Waals surface area contributed by atoms with E-state index in [1.807, 2.05) is 0 Å². The molecule has 5 rings (SSSR count). The molecule has 5 aliphatic rings. The Morgan fingerprint density at radius 1 is 1.13 bits per heavy atom. The largest absolute Gasteiger partial charge is 0.491 e. The molecule has 7 atom stereocenters. The van der Waals surface area contributed by atoms with E-state index in [1.54, 1.807) is 6.92 Å². The lowest BCUT2D eigenvalue weighted by molar-refractivity contribution is -0.158. The predicted molar refractivity (Wildman–Crippen MR) is 115 cm³/mol. The van der Waals surface area contributed by atoms with E-state index in [0.717, 1.165) is 57.8 Å². The molecule has 2 unspecified atom stereocenters. The fraction of sp³-hybridized carbons (Fsp3) is 0.808. The predicted octanol–water partition coefficient (Wildman–Crippen LogP) is 5.31. The molecular formula is C26H38O4. The van der Waals surface area contributed by atoms with Crippen LogP contribution in [-0.2, 0) is 14.3 Å². The lowest BCUT2D eigenvalue weighted by Gasteiger charge is -2.58. The van der Waals surface area contributed by atoms with Gasteiger partial charge in [-0.1, -0.05) is 12.5 Å². The molecule has 0 aromatic heterocycles. The molecule has 0 aromatic carbocycles. The lowest BCUT2D eigenvalue weighted by Crippen LogP contribution is -2.54. The first kappa shape index (κ1) is 20.6. The summed E-state index contributed by atoms with van der Waals surface area (Å²) in [5.41, 5.74) is 1.53. The Hall–Kier alpha value is -1.29. The standard InChI is InChI=1S/C26H38O4/c1-17(28)29-24-10-9-22-21-8-7-18-15-20(30-19-5-3-4-6-19)11-14-26(18,16-27)23(21)12-13-25(22,24)2/h5,15,20-24,27H,3-4,6-14,16H2,1-2H3/t20?,21-,22-,23+,24?,25-,26+/m0/s1. The normalized spacial score (nSPS) is 45.0. The van der Waals surface area contributed by atoms with Gasteiger partial charge < -0.3 is 14.6 Å². The van der Waals surface area contributed by atoms with Gasteiger partial charge >= 0.3 is 5.97 Å². The van der Waals surface area contributed by atoms with Gasteiger partial charge in [0.2, 0.25) is 0 Å². The third-order valence-corrected chi connectivity index (χ3v) is 9.60. The number of aliphatic hydroxyl groups excluding tert-OH is 1. The number of hydrogen-bond donors (Lipinski definition) is 1. The summed E-state index contributed by atoms with van der Waals surface area (Å²) in [6.45, 7) is 4.18. The summed E-state index contributed by atoms with van der Waals surface area (Å²) in [5, 5.41) is 10.7. The molecule has 5 aliphatic carbocycles. The summed E-state index contributed by atoms with van der Waals surface area (Å²) in [5.74, 6) is 2.86. The molecule has 0 radical (unpaired) electrons. The highest BCUT2D eigenvalue weighted by Crippen LogP contribution is 2.65. The number of carbonyl (C=O) groups is 1. The van der Waals surface area contributed by atoms with Crippen molar-refractivity contribution < 1.29 is 19.4 Å². The van der Waals surface area contributed by atoms with Crippen molar-refractivity contribution in [1.82, 2.24) is 0 Å². The fourth-order valence-electron chi connectivity index (χ4n) is 8.17. The summed E-state index contributed by atoms with van der Waals surface area (Å²) in [6, 6.07) is 0. The summed E-state index contributed by atoms with van der Waals surface area (Å²) in [6.07, 6.45) is 17.1. The SMILES string of the molecule is CC(=O)OC1CC[C@H]2[C@@H]3CCC4=CC(OC5=CCCC5)CC[C@]4(CO)[C@@H]3CC[C@]12C. The number of carbonyl (C=O) groups excluding carboxylic acids is 1. The number of fused-ring (bicyclic) bond motifs is 5. The number of rotatable bonds is 4. The minimum absolute atomic E-state index is 0.0479. The lowest BCUT2D eigenvalue weighted by atomic mass is 9.47. The van der Waals surface area contributed by atoms with Crippen LogP contribution >= 0.6 is 0 Å². The smallest absolute Gasteiger partial charge is 0.302 e. The zero-order valence-corrected chi connectivity index (χ0v) is 18.7. The molecule has 3 fully saturated rings. The van der Waals surface area contributed by atoms with Gasteiger partial charge in [0.05, 0.1) is 12.4 Å². The molecular weight excluding hydrogens is 376 g/mol. The van der Waals surface area contributed by atoms with Gasteiger partial charge in [0.25, 0.3) is 0 Å². The Labute approximate surface area is 181 Å². The van der Waals surface area contributed by atoms with E-state index in [9.17, 15) is 9.90 Å². The molecule has 0 aromatic rings. The molecule has 4 heteroatoms. The second-order valence-electron chi connectivity index (χ2n) is 10.9. The molecule has 30 heavy (non-hydrogen) atoms. The van der Waals surface area contributed by atoms with Crippen LogP contribution in [0, 0.1) is 28.6 Å². The van der Waals surface area contributed by atoms with Crippen molar-refractivity contribution in [2.24, 2.45) is 28.6 Å². The van der Waals surface area contributed by atoms with Crippen LogP contribution in [0.2, 0.25) is 0 Å². The second kappa shape index (κ2) is 7.69. The van der Waals surface area contributed by atoms with Gasteiger partial charge in [0.1, 0.15) is 12.2 Å². The van der Waals surface area contributed by atoms with Gasteiger partial charge in [-0.05, 0) is 94.1 Å². The maximum Gasteiger partial charge on any atom is 0.302 e. The Morgan fingerprint density at radius 3 is 2.73 bits per heavy atom. The van der Waals surface area contributed by atoms with Gasteiger partial charge in [-0.25, -0.2) is 0 Å². The minimum Gasteiger partial charge on any atom is -0.491 e. The van der Waals surface area contributed by atoms with Crippen LogP contribution in [0.25, 0.3) is 0 Å². The number of aliphatic hydroxyl groups is 1. The number of ether oxygens (including phenoxy) is 2.